The van der Waals surface area contributed by atoms with Gasteiger partial charge in [0.05, 0.1) is 18.6 Å². The molecule has 168 valence electrons. The van der Waals surface area contributed by atoms with E-state index in [9.17, 15) is 4.79 Å². The van der Waals surface area contributed by atoms with E-state index in [1.165, 1.54) is 18.4 Å². The molecule has 1 aromatic heterocycles. The predicted molar refractivity (Wildman–Crippen MR) is 126 cm³/mol. The molecule has 0 bridgehead atoms. The quantitative estimate of drug-likeness (QED) is 0.587. The first kappa shape index (κ1) is 21.0. The molecule has 2 aliphatic rings. The third-order valence-corrected chi connectivity index (χ3v) is 6.55. The molecule has 3 heterocycles. The van der Waals surface area contributed by atoms with Gasteiger partial charge in [0.2, 0.25) is 0 Å². The van der Waals surface area contributed by atoms with Crippen molar-refractivity contribution in [3.05, 3.63) is 70.4 Å². The lowest BCUT2D eigenvalue weighted by Gasteiger charge is -2.32. The van der Waals surface area contributed by atoms with Crippen molar-refractivity contribution in [1.29, 1.82) is 0 Å². The molecule has 32 heavy (non-hydrogen) atoms. The number of piperidine rings is 1. The monoisotopic (exact) mass is 434 g/mol. The van der Waals surface area contributed by atoms with E-state index in [1.807, 2.05) is 12.1 Å². The predicted octanol–water partition coefficient (Wildman–Crippen LogP) is 3.89. The normalized spacial score (nSPS) is 18.2. The van der Waals surface area contributed by atoms with Gasteiger partial charge >= 0.3 is 0 Å². The standard InChI is InChI=1S/C26H30N2O4/c29-23-19-25(28-14-16-30-17-15-28)32-26-22(23)7-4-8-24(26)31-18-13-27-11-9-21(10-12-27)20-5-2-1-3-6-20/h1-8,19,21H,9-18H2. The van der Waals surface area contributed by atoms with Crippen molar-refractivity contribution >= 4 is 16.9 Å². The van der Waals surface area contributed by atoms with Crippen molar-refractivity contribution in [1.82, 2.24) is 4.90 Å². The number of benzene rings is 2. The fourth-order valence-electron chi connectivity index (χ4n) is 4.69. The molecule has 5 rings (SSSR count). The summed E-state index contributed by atoms with van der Waals surface area (Å²) < 4.78 is 17.7. The number of hydrogen-bond acceptors (Lipinski definition) is 6. The van der Waals surface area contributed by atoms with Crippen molar-refractivity contribution in [3.8, 4) is 5.75 Å². The summed E-state index contributed by atoms with van der Waals surface area (Å²) in [7, 11) is 0. The van der Waals surface area contributed by atoms with Crippen LogP contribution in [0.15, 0.2) is 63.8 Å². The second-order valence-electron chi connectivity index (χ2n) is 8.56. The van der Waals surface area contributed by atoms with Gasteiger partial charge in [-0.3, -0.25) is 9.69 Å². The molecule has 2 saturated heterocycles. The summed E-state index contributed by atoms with van der Waals surface area (Å²) in [5.41, 5.74) is 1.94. The first-order chi connectivity index (χ1) is 15.8. The van der Waals surface area contributed by atoms with Crippen LogP contribution in [0.25, 0.3) is 11.0 Å². The van der Waals surface area contributed by atoms with Gasteiger partial charge in [-0.15, -0.1) is 0 Å². The zero-order valence-corrected chi connectivity index (χ0v) is 18.4. The Balaban J connectivity index is 1.22. The van der Waals surface area contributed by atoms with Crippen molar-refractivity contribution in [2.75, 3.05) is 57.4 Å². The Morgan fingerprint density at radius 3 is 2.50 bits per heavy atom. The molecule has 6 nitrogen and oxygen atoms in total. The van der Waals surface area contributed by atoms with E-state index in [0.29, 0.717) is 48.3 Å². The van der Waals surface area contributed by atoms with Crippen LogP contribution in [-0.4, -0.2) is 57.4 Å². The third-order valence-electron chi connectivity index (χ3n) is 6.55. The van der Waals surface area contributed by atoms with E-state index in [2.05, 4.69) is 40.1 Å². The number of rotatable bonds is 6. The van der Waals surface area contributed by atoms with E-state index in [0.717, 1.165) is 32.7 Å². The zero-order chi connectivity index (χ0) is 21.8. The minimum atomic E-state index is -0.0406. The van der Waals surface area contributed by atoms with E-state index in [-0.39, 0.29) is 5.43 Å². The van der Waals surface area contributed by atoms with Crippen molar-refractivity contribution in [3.63, 3.8) is 0 Å². The van der Waals surface area contributed by atoms with Crippen molar-refractivity contribution in [2.24, 2.45) is 0 Å². The highest BCUT2D eigenvalue weighted by atomic mass is 16.5. The molecule has 0 aliphatic carbocycles. The van der Waals surface area contributed by atoms with Gasteiger partial charge in [0.15, 0.2) is 22.6 Å². The van der Waals surface area contributed by atoms with Gasteiger partial charge in [-0.05, 0) is 49.5 Å². The first-order valence-electron chi connectivity index (χ1n) is 11.6. The summed E-state index contributed by atoms with van der Waals surface area (Å²) >= 11 is 0. The number of anilines is 1. The maximum Gasteiger partial charge on any atom is 0.200 e. The van der Waals surface area contributed by atoms with Gasteiger partial charge in [-0.1, -0.05) is 36.4 Å². The molecule has 0 unspecified atom stereocenters. The number of likely N-dealkylation sites (tertiary alicyclic amines) is 1. The van der Waals surface area contributed by atoms with Crippen LogP contribution in [0, 0.1) is 0 Å². The van der Waals surface area contributed by atoms with Crippen LogP contribution >= 0.6 is 0 Å². The van der Waals surface area contributed by atoms with Crippen LogP contribution in [0.1, 0.15) is 24.3 Å². The van der Waals surface area contributed by atoms with Crippen LogP contribution < -0.4 is 15.1 Å². The second-order valence-corrected chi connectivity index (χ2v) is 8.56. The molecule has 0 spiro atoms. The molecular weight excluding hydrogens is 404 g/mol. The topological polar surface area (TPSA) is 55.2 Å². The van der Waals surface area contributed by atoms with Crippen LogP contribution in [0.3, 0.4) is 0 Å². The summed E-state index contributed by atoms with van der Waals surface area (Å²) in [6.07, 6.45) is 2.35. The Morgan fingerprint density at radius 1 is 0.938 bits per heavy atom. The summed E-state index contributed by atoms with van der Waals surface area (Å²) in [5, 5.41) is 0.559. The number of para-hydroxylation sites is 1. The molecule has 0 N–H and O–H groups in total. The fourth-order valence-corrected chi connectivity index (χ4v) is 4.69. The Morgan fingerprint density at radius 2 is 1.72 bits per heavy atom. The molecule has 0 amide bonds. The highest BCUT2D eigenvalue weighted by Crippen LogP contribution is 2.29. The van der Waals surface area contributed by atoms with Crippen LogP contribution in [0.2, 0.25) is 0 Å². The van der Waals surface area contributed by atoms with Crippen LogP contribution in [-0.2, 0) is 4.74 Å². The third kappa shape index (κ3) is 4.66. The largest absolute Gasteiger partial charge is 0.488 e. The van der Waals surface area contributed by atoms with Crippen molar-refractivity contribution < 1.29 is 13.9 Å². The van der Waals surface area contributed by atoms with E-state index < -0.39 is 0 Å². The molecule has 2 fully saturated rings. The number of morpholine rings is 1. The molecule has 0 radical (unpaired) electrons. The first-order valence-corrected chi connectivity index (χ1v) is 11.6. The van der Waals surface area contributed by atoms with Gasteiger partial charge in [0, 0.05) is 25.7 Å². The minimum absolute atomic E-state index is 0.0406. The molecule has 3 aromatic rings. The number of hydrogen-bond donors (Lipinski definition) is 0. The maximum absolute atomic E-state index is 12.7. The smallest absolute Gasteiger partial charge is 0.200 e. The van der Waals surface area contributed by atoms with Crippen LogP contribution in [0.4, 0.5) is 5.88 Å². The molecular formula is C26H30N2O4. The highest BCUT2D eigenvalue weighted by molar-refractivity contribution is 5.83. The van der Waals surface area contributed by atoms with Gasteiger partial charge in [-0.25, -0.2) is 0 Å². The number of nitrogens with zero attached hydrogens (tertiary/aromatic N) is 2. The minimum Gasteiger partial charge on any atom is -0.488 e. The Hall–Kier alpha value is -2.83. The summed E-state index contributed by atoms with van der Waals surface area (Å²) in [4.78, 5) is 17.2. The van der Waals surface area contributed by atoms with E-state index in [4.69, 9.17) is 13.9 Å². The Bertz CT molecular complexity index is 1080. The average molecular weight is 435 g/mol. The average Bonchev–Trinajstić information content (AvgIpc) is 2.86. The molecule has 0 atom stereocenters. The fraction of sp³-hybridized carbons (Fsp3) is 0.423. The van der Waals surface area contributed by atoms with Crippen LogP contribution in [0.5, 0.6) is 5.75 Å². The molecule has 2 aliphatic heterocycles. The molecule has 6 heteroatoms. The van der Waals surface area contributed by atoms with Gasteiger partial charge in [0.25, 0.3) is 0 Å². The second kappa shape index (κ2) is 9.76. The maximum atomic E-state index is 12.7. The van der Waals surface area contributed by atoms with E-state index in [1.54, 1.807) is 12.1 Å². The Labute approximate surface area is 188 Å². The summed E-state index contributed by atoms with van der Waals surface area (Å²) in [6, 6.07) is 17.9. The summed E-state index contributed by atoms with van der Waals surface area (Å²) in [5.74, 6) is 1.87. The van der Waals surface area contributed by atoms with Crippen molar-refractivity contribution in [2.45, 2.75) is 18.8 Å². The lowest BCUT2D eigenvalue weighted by atomic mass is 9.89. The Kier molecular flexibility index (Phi) is 6.41. The SMILES string of the molecule is O=c1cc(N2CCOCC2)oc2c(OCCN3CCC(c4ccccc4)CC3)cccc12. The zero-order valence-electron chi connectivity index (χ0n) is 18.4. The van der Waals surface area contributed by atoms with Gasteiger partial charge < -0.3 is 18.8 Å². The number of ether oxygens (including phenoxy) is 2. The van der Waals surface area contributed by atoms with Gasteiger partial charge in [0.1, 0.15) is 6.61 Å². The van der Waals surface area contributed by atoms with E-state index >= 15 is 0 Å². The van der Waals surface area contributed by atoms with Gasteiger partial charge in [-0.2, -0.15) is 0 Å². The highest BCUT2D eigenvalue weighted by Gasteiger charge is 2.21. The lowest BCUT2D eigenvalue weighted by molar-refractivity contribution is 0.120. The number of fused-ring (bicyclic) bond motifs is 1. The molecule has 2 aromatic carbocycles. The molecule has 0 saturated carbocycles. The lowest BCUT2D eigenvalue weighted by Crippen LogP contribution is -2.36. The summed E-state index contributed by atoms with van der Waals surface area (Å²) in [6.45, 7) is 6.31.